The lowest BCUT2D eigenvalue weighted by Gasteiger charge is -2.10. The number of nitrogens with one attached hydrogen (secondary N) is 2. The fourth-order valence-corrected chi connectivity index (χ4v) is 3.04. The number of methoxy groups -OCH3 is 2. The molecule has 2 aromatic carbocycles. The van der Waals surface area contributed by atoms with Crippen molar-refractivity contribution in [3.8, 4) is 28.4 Å². The van der Waals surface area contributed by atoms with Crippen LogP contribution >= 0.6 is 0 Å². The first kappa shape index (κ1) is 20.0. The highest BCUT2D eigenvalue weighted by molar-refractivity contribution is 5.90. The molecule has 0 aliphatic heterocycles. The number of rotatable bonds is 7. The van der Waals surface area contributed by atoms with Gasteiger partial charge in [-0.15, -0.1) is 0 Å². The van der Waals surface area contributed by atoms with Gasteiger partial charge in [0.2, 0.25) is 5.95 Å². The summed E-state index contributed by atoms with van der Waals surface area (Å²) in [4.78, 5) is 31.2. The average molecular weight is 421 g/mol. The second-order valence-electron chi connectivity index (χ2n) is 6.49. The van der Waals surface area contributed by atoms with Crippen molar-refractivity contribution in [1.29, 1.82) is 0 Å². The van der Waals surface area contributed by atoms with Crippen LogP contribution in [-0.4, -0.2) is 36.7 Å². The van der Waals surface area contributed by atoms with Crippen molar-refractivity contribution in [3.05, 3.63) is 65.3 Å². The molecule has 31 heavy (non-hydrogen) atoms. The minimum absolute atomic E-state index is 0.222. The number of hydrogen-bond donors (Lipinski definition) is 2. The monoisotopic (exact) mass is 421 g/mol. The number of H-pyrrole nitrogens is 1. The predicted octanol–water partition coefficient (Wildman–Crippen LogP) is 3.22. The summed E-state index contributed by atoms with van der Waals surface area (Å²) in [5, 5.41) is 3.26. The Kier molecular flexibility index (Phi) is 5.57. The van der Waals surface area contributed by atoms with Crippen LogP contribution in [0.5, 0.6) is 17.2 Å². The van der Waals surface area contributed by atoms with E-state index in [1.807, 2.05) is 0 Å². The number of imidazole rings is 1. The first-order valence-corrected chi connectivity index (χ1v) is 9.29. The van der Waals surface area contributed by atoms with Crippen molar-refractivity contribution < 1.29 is 23.4 Å². The third kappa shape index (κ3) is 4.35. The predicted molar refractivity (Wildman–Crippen MR) is 114 cm³/mol. The summed E-state index contributed by atoms with van der Waals surface area (Å²) in [6, 6.07) is 11.9. The molecule has 9 heteroatoms. The molecule has 0 aliphatic rings. The zero-order valence-electron chi connectivity index (χ0n) is 16.8. The number of aromatic amines is 1. The fourth-order valence-electron chi connectivity index (χ4n) is 3.04. The normalized spacial score (nSPS) is 10.6. The maximum atomic E-state index is 12.6. The van der Waals surface area contributed by atoms with Gasteiger partial charge in [-0.05, 0) is 35.9 Å². The molecule has 0 spiro atoms. The number of anilines is 1. The van der Waals surface area contributed by atoms with E-state index in [1.54, 1.807) is 55.8 Å². The van der Waals surface area contributed by atoms with Crippen molar-refractivity contribution in [2.24, 2.45) is 0 Å². The Hall–Kier alpha value is -4.27. The van der Waals surface area contributed by atoms with E-state index in [-0.39, 0.29) is 12.5 Å². The van der Waals surface area contributed by atoms with E-state index in [1.165, 1.54) is 13.3 Å². The number of ether oxygens (including phenoxy) is 3. The van der Waals surface area contributed by atoms with Crippen LogP contribution in [-0.2, 0) is 4.79 Å². The van der Waals surface area contributed by atoms with E-state index >= 15 is 0 Å². The van der Waals surface area contributed by atoms with Crippen molar-refractivity contribution in [2.45, 2.75) is 0 Å². The van der Waals surface area contributed by atoms with E-state index in [4.69, 9.17) is 18.6 Å². The molecular weight excluding hydrogens is 402 g/mol. The van der Waals surface area contributed by atoms with E-state index in [9.17, 15) is 9.59 Å². The van der Waals surface area contributed by atoms with Crippen LogP contribution in [0.3, 0.4) is 0 Å². The number of nitrogens with zero attached hydrogens (tertiary/aromatic N) is 1. The van der Waals surface area contributed by atoms with Crippen LogP contribution in [0, 0.1) is 0 Å². The number of carbonyl (C=O) groups excluding carboxylic acids is 1. The molecule has 2 N–H and O–H groups in total. The van der Waals surface area contributed by atoms with Crippen LogP contribution in [0.4, 0.5) is 5.95 Å². The topological polar surface area (TPSA) is 116 Å². The van der Waals surface area contributed by atoms with Gasteiger partial charge in [-0.3, -0.25) is 10.1 Å². The quantitative estimate of drug-likeness (QED) is 0.440. The molecule has 1 amide bonds. The molecule has 4 rings (SSSR count). The molecule has 0 atom stereocenters. The highest BCUT2D eigenvalue weighted by atomic mass is 16.5. The second-order valence-corrected chi connectivity index (χ2v) is 6.49. The molecule has 2 heterocycles. The number of hydrogen-bond acceptors (Lipinski definition) is 7. The van der Waals surface area contributed by atoms with Gasteiger partial charge in [-0.1, -0.05) is 6.07 Å². The Morgan fingerprint density at radius 1 is 1.10 bits per heavy atom. The number of carbonyl (C=O) groups is 1. The molecule has 0 saturated carbocycles. The largest absolute Gasteiger partial charge is 0.493 e. The lowest BCUT2D eigenvalue weighted by molar-refractivity contribution is -0.118. The highest BCUT2D eigenvalue weighted by Crippen LogP contribution is 2.32. The standard InChI is InChI=1S/C22H19N3O6/c1-28-17-6-4-13(10-19(17)29-2)16-9-14-3-5-15(11-18(14)31-21(16)27)30-12-20(26)25-22-23-7-8-24-22/h3-11H,12H2,1-2H3,(H2,23,24,25,26). The smallest absolute Gasteiger partial charge is 0.344 e. The second kappa shape index (κ2) is 8.62. The number of fused-ring (bicyclic) bond motifs is 1. The van der Waals surface area contributed by atoms with Gasteiger partial charge in [0.15, 0.2) is 18.1 Å². The Balaban J connectivity index is 1.55. The maximum Gasteiger partial charge on any atom is 0.344 e. The van der Waals surface area contributed by atoms with Crippen molar-refractivity contribution in [1.82, 2.24) is 9.97 Å². The zero-order valence-corrected chi connectivity index (χ0v) is 16.8. The summed E-state index contributed by atoms with van der Waals surface area (Å²) in [5.41, 5.74) is 0.869. The van der Waals surface area contributed by atoms with Gasteiger partial charge < -0.3 is 23.6 Å². The van der Waals surface area contributed by atoms with E-state index in [0.717, 1.165) is 0 Å². The fraction of sp³-hybridized carbons (Fsp3) is 0.136. The van der Waals surface area contributed by atoms with Crippen molar-refractivity contribution in [2.75, 3.05) is 26.1 Å². The molecule has 0 radical (unpaired) electrons. The van der Waals surface area contributed by atoms with Gasteiger partial charge in [0.25, 0.3) is 5.91 Å². The van der Waals surface area contributed by atoms with E-state index < -0.39 is 5.63 Å². The van der Waals surface area contributed by atoms with Gasteiger partial charge in [0, 0.05) is 23.8 Å². The number of amides is 1. The van der Waals surface area contributed by atoms with Crippen LogP contribution in [0.1, 0.15) is 0 Å². The van der Waals surface area contributed by atoms with Gasteiger partial charge in [-0.25, -0.2) is 9.78 Å². The third-order valence-corrected chi connectivity index (χ3v) is 4.53. The molecule has 0 fully saturated rings. The number of benzene rings is 2. The maximum absolute atomic E-state index is 12.6. The summed E-state index contributed by atoms with van der Waals surface area (Å²) in [6.07, 6.45) is 3.12. The SMILES string of the molecule is COc1ccc(-c2cc3ccc(OCC(=O)Nc4ncc[nH]4)cc3oc2=O)cc1OC. The Morgan fingerprint density at radius 2 is 1.94 bits per heavy atom. The summed E-state index contributed by atoms with van der Waals surface area (Å²) in [7, 11) is 3.07. The highest BCUT2D eigenvalue weighted by Gasteiger charge is 2.13. The van der Waals surface area contributed by atoms with Gasteiger partial charge in [0.1, 0.15) is 11.3 Å². The summed E-state index contributed by atoms with van der Waals surface area (Å²) < 4.78 is 21.5. The molecule has 0 unspecified atom stereocenters. The van der Waals surface area contributed by atoms with Crippen molar-refractivity contribution in [3.63, 3.8) is 0 Å². The van der Waals surface area contributed by atoms with E-state index in [2.05, 4.69) is 15.3 Å². The molecule has 9 nitrogen and oxygen atoms in total. The minimum atomic E-state index is -0.507. The van der Waals surface area contributed by atoms with Crippen LogP contribution in [0.25, 0.3) is 22.1 Å². The van der Waals surface area contributed by atoms with Crippen LogP contribution in [0.2, 0.25) is 0 Å². The molecule has 4 aromatic rings. The first-order chi connectivity index (χ1) is 15.1. The zero-order chi connectivity index (χ0) is 21.8. The molecule has 0 bridgehead atoms. The molecule has 0 saturated heterocycles. The summed E-state index contributed by atoms with van der Waals surface area (Å²) in [5.74, 6) is 1.43. The summed E-state index contributed by atoms with van der Waals surface area (Å²) >= 11 is 0. The van der Waals surface area contributed by atoms with Gasteiger partial charge >= 0.3 is 5.63 Å². The van der Waals surface area contributed by atoms with Crippen molar-refractivity contribution >= 4 is 22.8 Å². The summed E-state index contributed by atoms with van der Waals surface area (Å²) in [6.45, 7) is -0.222. The lowest BCUT2D eigenvalue weighted by atomic mass is 10.1. The molecule has 158 valence electrons. The van der Waals surface area contributed by atoms with Gasteiger partial charge in [-0.2, -0.15) is 0 Å². The molecular formula is C22H19N3O6. The lowest BCUT2D eigenvalue weighted by Crippen LogP contribution is -2.20. The van der Waals surface area contributed by atoms with Crippen LogP contribution < -0.4 is 25.2 Å². The third-order valence-electron chi connectivity index (χ3n) is 4.53. The molecule has 0 aliphatic carbocycles. The molecule has 2 aromatic heterocycles. The first-order valence-electron chi connectivity index (χ1n) is 9.29. The van der Waals surface area contributed by atoms with E-state index in [0.29, 0.717) is 45.3 Å². The number of aromatic nitrogens is 2. The average Bonchev–Trinajstić information content (AvgIpc) is 3.29. The minimum Gasteiger partial charge on any atom is -0.493 e. The van der Waals surface area contributed by atoms with Gasteiger partial charge in [0.05, 0.1) is 19.8 Å². The Labute approximate surface area is 176 Å². The van der Waals surface area contributed by atoms with Crippen LogP contribution in [0.15, 0.2) is 64.1 Å². The Bertz CT molecular complexity index is 1280. The Morgan fingerprint density at radius 3 is 2.68 bits per heavy atom.